The smallest absolute Gasteiger partial charge is 0.222 e. The highest BCUT2D eigenvalue weighted by molar-refractivity contribution is 5.86. The van der Waals surface area contributed by atoms with E-state index in [2.05, 4.69) is 45.3 Å². The molecule has 3 aromatic heterocycles. The van der Waals surface area contributed by atoms with Gasteiger partial charge in [-0.05, 0) is 56.9 Å². The maximum absolute atomic E-state index is 5.90. The number of nitrogens with one attached hydrogen (secondary N) is 1. The van der Waals surface area contributed by atoms with Crippen LogP contribution in [0.1, 0.15) is 49.8 Å². The number of aromatic nitrogens is 5. The van der Waals surface area contributed by atoms with Crippen molar-refractivity contribution in [1.82, 2.24) is 29.6 Å². The molecule has 1 saturated heterocycles. The molecule has 0 radical (unpaired) electrons. The van der Waals surface area contributed by atoms with Crippen LogP contribution in [0.5, 0.6) is 5.75 Å². The van der Waals surface area contributed by atoms with E-state index in [9.17, 15) is 0 Å². The number of nitrogens with zero attached hydrogens (tertiary/aromatic N) is 6. The van der Waals surface area contributed by atoms with Crippen LogP contribution >= 0.6 is 0 Å². The second-order valence-electron chi connectivity index (χ2n) is 8.24. The molecule has 0 aromatic carbocycles. The molecule has 0 atom stereocenters. The molecule has 4 heterocycles. The van der Waals surface area contributed by atoms with Crippen LogP contribution in [-0.4, -0.2) is 63.4 Å². The lowest BCUT2D eigenvalue weighted by Gasteiger charge is -2.29. The quantitative estimate of drug-likeness (QED) is 0.532. The summed E-state index contributed by atoms with van der Waals surface area (Å²) in [6.45, 7) is 5.68. The fraction of sp³-hybridized carbons (Fsp3) is 0.545. The Morgan fingerprint density at radius 3 is 2.77 bits per heavy atom. The lowest BCUT2D eigenvalue weighted by molar-refractivity contribution is 0.255. The zero-order valence-corrected chi connectivity index (χ0v) is 18.6. The second-order valence-corrected chi connectivity index (χ2v) is 8.24. The van der Waals surface area contributed by atoms with Crippen molar-refractivity contribution >= 4 is 22.8 Å². The summed E-state index contributed by atoms with van der Waals surface area (Å²) in [6.07, 6.45) is 8.16. The third-order valence-corrected chi connectivity index (χ3v) is 5.99. The van der Waals surface area contributed by atoms with E-state index in [-0.39, 0.29) is 5.95 Å². The Balaban J connectivity index is 1.61. The van der Waals surface area contributed by atoms with E-state index in [4.69, 9.17) is 15.5 Å². The lowest BCUT2D eigenvalue weighted by atomic mass is 9.90. The minimum Gasteiger partial charge on any atom is -0.495 e. The molecule has 9 heteroatoms. The van der Waals surface area contributed by atoms with Crippen molar-refractivity contribution in [1.29, 1.82) is 0 Å². The molecule has 0 amide bonds. The first kappa shape index (κ1) is 21.3. The van der Waals surface area contributed by atoms with Crippen LogP contribution in [0.3, 0.4) is 0 Å². The molecule has 9 nitrogen and oxygen atoms in total. The van der Waals surface area contributed by atoms with Crippen molar-refractivity contribution in [3.8, 4) is 5.75 Å². The molecule has 166 valence electrons. The Labute approximate surface area is 183 Å². The fourth-order valence-electron chi connectivity index (χ4n) is 4.13. The number of pyridine rings is 1. The van der Waals surface area contributed by atoms with E-state index in [0.717, 1.165) is 62.3 Å². The summed E-state index contributed by atoms with van der Waals surface area (Å²) < 4.78 is 7.57. The number of nitrogen functional groups attached to an aromatic ring is 1. The maximum atomic E-state index is 5.90. The zero-order chi connectivity index (χ0) is 21.8. The van der Waals surface area contributed by atoms with Gasteiger partial charge in [-0.2, -0.15) is 10.1 Å². The van der Waals surface area contributed by atoms with Gasteiger partial charge in [-0.3, -0.25) is 9.67 Å². The van der Waals surface area contributed by atoms with Crippen molar-refractivity contribution < 1.29 is 4.74 Å². The van der Waals surface area contributed by atoms with Gasteiger partial charge in [0.1, 0.15) is 22.5 Å². The van der Waals surface area contributed by atoms with Crippen molar-refractivity contribution in [2.24, 2.45) is 0 Å². The standard InChI is InChI=1S/C22H32N8O/c1-4-5-8-24-21-20-17(27-22(23)28-21)13-26-30(20)14-18-19(31-3)11-16(12-25-18)15-6-9-29(2)10-7-15/h11-13,15H,4-10,14H2,1-3H3,(H3,23,24,27,28). The Morgan fingerprint density at radius 1 is 1.23 bits per heavy atom. The number of hydrogen-bond donors (Lipinski definition) is 2. The molecule has 1 aliphatic heterocycles. The van der Waals surface area contributed by atoms with E-state index >= 15 is 0 Å². The maximum Gasteiger partial charge on any atom is 0.222 e. The van der Waals surface area contributed by atoms with Gasteiger partial charge in [0, 0.05) is 12.7 Å². The summed E-state index contributed by atoms with van der Waals surface area (Å²) in [5.74, 6) is 2.26. The minimum atomic E-state index is 0.240. The van der Waals surface area contributed by atoms with Gasteiger partial charge >= 0.3 is 0 Å². The molecule has 4 rings (SSSR count). The average Bonchev–Trinajstić information content (AvgIpc) is 3.17. The number of piperidine rings is 1. The summed E-state index contributed by atoms with van der Waals surface area (Å²) in [6, 6.07) is 2.14. The van der Waals surface area contributed by atoms with Gasteiger partial charge in [-0.1, -0.05) is 13.3 Å². The third-order valence-electron chi connectivity index (χ3n) is 5.99. The van der Waals surface area contributed by atoms with E-state index in [1.54, 1.807) is 13.3 Å². The van der Waals surface area contributed by atoms with Crippen LogP contribution in [0.25, 0.3) is 11.0 Å². The number of likely N-dealkylation sites (tertiary alicyclic amines) is 1. The molecular weight excluding hydrogens is 392 g/mol. The third kappa shape index (κ3) is 4.71. The van der Waals surface area contributed by atoms with Gasteiger partial charge in [0.2, 0.25) is 5.95 Å². The molecule has 1 fully saturated rings. The van der Waals surface area contributed by atoms with Gasteiger partial charge in [-0.15, -0.1) is 0 Å². The number of nitrogens with two attached hydrogens (primary N) is 1. The highest BCUT2D eigenvalue weighted by Gasteiger charge is 2.21. The number of hydrogen-bond acceptors (Lipinski definition) is 8. The SMILES string of the molecule is CCCCNc1nc(N)nc2cnn(Cc3ncc(C4CCN(C)CC4)cc3OC)c12. The molecule has 0 unspecified atom stereocenters. The molecule has 0 aliphatic carbocycles. The highest BCUT2D eigenvalue weighted by Crippen LogP contribution is 2.31. The summed E-state index contributed by atoms with van der Waals surface area (Å²) in [5, 5.41) is 7.91. The van der Waals surface area contributed by atoms with Crippen LogP contribution < -0.4 is 15.8 Å². The molecular formula is C22H32N8O. The topological polar surface area (TPSA) is 107 Å². The van der Waals surface area contributed by atoms with Crippen molar-refractivity contribution in [2.45, 2.75) is 45.1 Å². The highest BCUT2D eigenvalue weighted by atomic mass is 16.5. The zero-order valence-electron chi connectivity index (χ0n) is 18.6. The predicted octanol–water partition coefficient (Wildman–Crippen LogP) is 2.88. The molecule has 31 heavy (non-hydrogen) atoms. The summed E-state index contributed by atoms with van der Waals surface area (Å²) in [5.41, 5.74) is 9.52. The summed E-state index contributed by atoms with van der Waals surface area (Å²) >= 11 is 0. The molecule has 0 saturated carbocycles. The Morgan fingerprint density at radius 2 is 2.03 bits per heavy atom. The van der Waals surface area contributed by atoms with Crippen LogP contribution in [0.4, 0.5) is 11.8 Å². The number of unbranched alkanes of at least 4 members (excludes halogenated alkanes) is 1. The van der Waals surface area contributed by atoms with E-state index < -0.39 is 0 Å². The number of methoxy groups -OCH3 is 1. The van der Waals surface area contributed by atoms with Gasteiger partial charge < -0.3 is 20.7 Å². The van der Waals surface area contributed by atoms with E-state index in [0.29, 0.717) is 23.8 Å². The number of rotatable bonds is 8. The Hall–Kier alpha value is -2.94. The van der Waals surface area contributed by atoms with Crippen molar-refractivity contribution in [2.75, 3.05) is 44.8 Å². The summed E-state index contributed by atoms with van der Waals surface area (Å²) in [7, 11) is 3.87. The molecule has 0 bridgehead atoms. The number of fused-ring (bicyclic) bond motifs is 1. The van der Waals surface area contributed by atoms with Crippen LogP contribution in [-0.2, 0) is 6.54 Å². The molecule has 3 aromatic rings. The van der Waals surface area contributed by atoms with Gasteiger partial charge in [0.25, 0.3) is 0 Å². The first-order valence-corrected chi connectivity index (χ1v) is 11.0. The Kier molecular flexibility index (Phi) is 6.50. The minimum absolute atomic E-state index is 0.240. The summed E-state index contributed by atoms with van der Waals surface area (Å²) in [4.78, 5) is 15.9. The van der Waals surface area contributed by atoms with Crippen molar-refractivity contribution in [3.63, 3.8) is 0 Å². The molecule has 1 aliphatic rings. The normalized spacial score (nSPS) is 15.5. The molecule has 3 N–H and O–H groups in total. The van der Waals surface area contributed by atoms with Gasteiger partial charge in [0.05, 0.1) is 19.9 Å². The lowest BCUT2D eigenvalue weighted by Crippen LogP contribution is -2.29. The first-order valence-electron chi connectivity index (χ1n) is 11.0. The van der Waals surface area contributed by atoms with Crippen molar-refractivity contribution in [3.05, 3.63) is 29.7 Å². The van der Waals surface area contributed by atoms with Gasteiger partial charge in [-0.25, -0.2) is 4.98 Å². The largest absolute Gasteiger partial charge is 0.495 e. The second kappa shape index (κ2) is 9.47. The number of ether oxygens (including phenoxy) is 1. The fourth-order valence-corrected chi connectivity index (χ4v) is 4.13. The monoisotopic (exact) mass is 424 g/mol. The molecule has 0 spiro atoms. The van der Waals surface area contributed by atoms with Crippen LogP contribution in [0, 0.1) is 0 Å². The van der Waals surface area contributed by atoms with E-state index in [1.165, 1.54) is 5.56 Å². The first-order chi connectivity index (χ1) is 15.1. The van der Waals surface area contributed by atoms with E-state index in [1.807, 2.05) is 10.9 Å². The van der Waals surface area contributed by atoms with Gasteiger partial charge in [0.15, 0.2) is 5.82 Å². The Bertz CT molecular complexity index is 1030. The predicted molar refractivity (Wildman–Crippen MR) is 122 cm³/mol. The van der Waals surface area contributed by atoms with Crippen LogP contribution in [0.2, 0.25) is 0 Å². The number of anilines is 2. The van der Waals surface area contributed by atoms with Crippen LogP contribution in [0.15, 0.2) is 18.5 Å². The average molecular weight is 425 g/mol.